The van der Waals surface area contributed by atoms with Gasteiger partial charge in [0.2, 0.25) is 0 Å². The number of nitrogens with zero attached hydrogens (tertiary/aromatic N) is 21. The number of amides is 1. The number of hydrogen-bond acceptors (Lipinski definition) is 19. The molecule has 2 N–H and O–H groups in total. The lowest BCUT2D eigenvalue weighted by molar-refractivity contribution is -0.141. The number of nitriles is 1. The third kappa shape index (κ3) is 24.7. The zero-order valence-corrected chi connectivity index (χ0v) is 62.7. The number of carboxylic acid groups (broad SMARTS) is 1. The summed E-state index contributed by atoms with van der Waals surface area (Å²) in [5.41, 5.74) is 11.7. The molecule has 37 heteroatoms. The number of carbonyl (C=O) groups excluding carboxylic acids is 1. The van der Waals surface area contributed by atoms with Gasteiger partial charge in [-0.1, -0.05) is 96.6 Å². The van der Waals surface area contributed by atoms with E-state index in [1.165, 1.54) is 32.9 Å². The van der Waals surface area contributed by atoms with Crippen LogP contribution in [0.15, 0.2) is 165 Å². The maximum atomic E-state index is 12.3. The highest BCUT2D eigenvalue weighted by molar-refractivity contribution is 6.32. The summed E-state index contributed by atoms with van der Waals surface area (Å²) in [7, 11) is 1.64. The molecule has 0 saturated carbocycles. The minimum absolute atomic E-state index is 0.0886. The van der Waals surface area contributed by atoms with Crippen LogP contribution in [0, 0.1) is 66.7 Å². The summed E-state index contributed by atoms with van der Waals surface area (Å²) in [4.78, 5) is 22.1. The first kappa shape index (κ1) is 82.7. The monoisotopic (exact) mass is 1560 g/mol. The zero-order valence-electron chi connectivity index (χ0n) is 58.9. The van der Waals surface area contributed by atoms with Gasteiger partial charge in [-0.2, -0.15) is 18.4 Å². The standard InChI is InChI=1S/C12H16ClNO2.C10H7ClF3N3.C10H8ClF2N3.C10H7ClN4.C10H8ClN3O2.C9H10N4O.C9H10N4/c1-8-7-9(13)5-6-10(8)14-11(15)16-12(2,3)4;1-6-4-7(11)2-3-8(6)17-5-9(15-16-17)10(12,13)14;1-6-4-7(11)2-3-9(6)16-5-8(10(12)13)14-15-16;1-7-4-8(11)2-3-10(7)15-6-9(5-12)13-14-15;1-6-4-7(11)2-3-9(6)14-5-8(10(15)16)12-13-14;1-7-5-8(14-2)3-4-9(7)13-6-10-11-12-13;1-7-3-4-9(8(2)5-7)13-6-10-11-12-13/h5-7H,1-4H3,(H,14,15);2-5H,1H3;2-5,10H,1H3;2-4,6H,1H3;2-5H,1H3,(H,15,16);3-6H,1-2H3;3-6H,1-2H3. The van der Waals surface area contributed by atoms with E-state index in [9.17, 15) is 31.5 Å². The molecular weight excluding hydrogens is 1500 g/mol. The van der Waals surface area contributed by atoms with Gasteiger partial charge in [-0.3, -0.25) is 5.32 Å². The number of halogens is 10. The van der Waals surface area contributed by atoms with Crippen molar-refractivity contribution in [2.45, 2.75) is 94.4 Å². The van der Waals surface area contributed by atoms with Crippen molar-refractivity contribution in [1.82, 2.24) is 100 Å². The van der Waals surface area contributed by atoms with E-state index in [1.54, 1.807) is 126 Å². The quantitative estimate of drug-likeness (QED) is 0.120. The Kier molecular flexibility index (Phi) is 29.3. The zero-order chi connectivity index (χ0) is 78.4. The van der Waals surface area contributed by atoms with Crippen molar-refractivity contribution in [3.8, 4) is 45.9 Å². The number of nitrogens with one attached hydrogen (secondary N) is 1. The van der Waals surface area contributed by atoms with Gasteiger partial charge in [-0.15, -0.1) is 30.6 Å². The van der Waals surface area contributed by atoms with Gasteiger partial charge in [-0.25, -0.2) is 46.5 Å². The van der Waals surface area contributed by atoms with Crippen molar-refractivity contribution in [2.24, 2.45) is 0 Å². The largest absolute Gasteiger partial charge is 0.497 e. The molecule has 0 fully saturated rings. The Hall–Kier alpha value is -11.6. The average molecular weight is 1570 g/mol. The number of rotatable bonds is 10. The fraction of sp³-hybridized carbons (Fsp3) is 0.214. The normalized spacial score (nSPS) is 10.7. The molecule has 0 radical (unpaired) electrons. The van der Waals surface area contributed by atoms with Gasteiger partial charge in [0.25, 0.3) is 6.43 Å². The molecule has 556 valence electrons. The molecule has 1 amide bonds. The van der Waals surface area contributed by atoms with Crippen LogP contribution in [0.5, 0.6) is 5.75 Å². The van der Waals surface area contributed by atoms with Crippen LogP contribution in [0.25, 0.3) is 34.1 Å². The van der Waals surface area contributed by atoms with Crippen molar-refractivity contribution in [1.29, 1.82) is 5.26 Å². The molecule has 0 unspecified atom stereocenters. The lowest BCUT2D eigenvalue weighted by Gasteiger charge is -2.20. The van der Waals surface area contributed by atoms with Gasteiger partial charge >= 0.3 is 18.2 Å². The first-order valence-electron chi connectivity index (χ1n) is 31.3. The molecule has 13 aromatic rings. The smallest absolute Gasteiger partial charge is 0.436 e. The summed E-state index contributed by atoms with van der Waals surface area (Å²) in [5.74, 6) is -0.266. The van der Waals surface area contributed by atoms with Gasteiger partial charge in [-0.05, 0) is 251 Å². The molecule has 0 atom stereocenters. The first-order chi connectivity index (χ1) is 50.6. The number of hydrogen-bond donors (Lipinski definition) is 2. The summed E-state index contributed by atoms with van der Waals surface area (Å²) in [6, 6.07) is 39.7. The van der Waals surface area contributed by atoms with Crippen LogP contribution < -0.4 is 10.1 Å². The lowest BCUT2D eigenvalue weighted by atomic mass is 10.1. The molecule has 0 spiro atoms. The molecular formula is C70H66Cl5F5N22O5. The Morgan fingerprint density at radius 3 is 1.27 bits per heavy atom. The maximum Gasteiger partial charge on any atom is 0.436 e. The number of aromatic carboxylic acids is 1. The van der Waals surface area contributed by atoms with E-state index in [4.69, 9.17) is 77.8 Å². The number of aromatic nitrogens is 20. The minimum atomic E-state index is -4.49. The Morgan fingerprint density at radius 1 is 0.495 bits per heavy atom. The van der Waals surface area contributed by atoms with Crippen molar-refractivity contribution in [3.63, 3.8) is 0 Å². The summed E-state index contributed by atoms with van der Waals surface area (Å²) in [5, 5.41) is 73.5. The highest BCUT2D eigenvalue weighted by Crippen LogP contribution is 2.29. The number of carboxylic acids is 1. The highest BCUT2D eigenvalue weighted by Gasteiger charge is 2.34. The molecule has 0 aliphatic carbocycles. The van der Waals surface area contributed by atoms with Crippen molar-refractivity contribution in [2.75, 3.05) is 12.4 Å². The molecule has 6 aromatic heterocycles. The van der Waals surface area contributed by atoms with Crippen LogP contribution in [0.2, 0.25) is 25.1 Å². The van der Waals surface area contributed by atoms with E-state index in [-0.39, 0.29) is 11.4 Å². The molecule has 0 saturated heterocycles. The molecule has 0 aliphatic rings. The Balaban J connectivity index is 0.000000174. The highest BCUT2D eigenvalue weighted by atomic mass is 35.5. The van der Waals surface area contributed by atoms with Gasteiger partial charge in [0.1, 0.15) is 35.8 Å². The van der Waals surface area contributed by atoms with Crippen LogP contribution >= 0.6 is 58.0 Å². The second-order valence-corrected chi connectivity index (χ2v) is 25.9. The van der Waals surface area contributed by atoms with Crippen LogP contribution in [0.1, 0.15) is 99.3 Å². The molecule has 7 aromatic carbocycles. The third-order valence-electron chi connectivity index (χ3n) is 14.2. The summed E-state index contributed by atoms with van der Waals surface area (Å²) in [6.07, 6.45) is 0.594. The van der Waals surface area contributed by atoms with E-state index in [1.807, 2.05) is 111 Å². The Morgan fingerprint density at radius 2 is 0.897 bits per heavy atom. The van der Waals surface area contributed by atoms with Crippen LogP contribution in [-0.2, 0) is 10.9 Å². The van der Waals surface area contributed by atoms with E-state index in [2.05, 4.69) is 90.6 Å². The third-order valence-corrected chi connectivity index (χ3v) is 15.4. The predicted octanol–water partition coefficient (Wildman–Crippen LogP) is 16.7. The van der Waals surface area contributed by atoms with E-state index in [0.29, 0.717) is 47.9 Å². The minimum Gasteiger partial charge on any atom is -0.497 e. The fourth-order valence-electron chi connectivity index (χ4n) is 9.22. The summed E-state index contributed by atoms with van der Waals surface area (Å²) >= 11 is 29.0. The van der Waals surface area contributed by atoms with Crippen LogP contribution in [0.4, 0.5) is 32.4 Å². The summed E-state index contributed by atoms with van der Waals surface area (Å²) < 4.78 is 80.6. The van der Waals surface area contributed by atoms with Gasteiger partial charge in [0.05, 0.1) is 66.0 Å². The molecule has 0 aliphatic heterocycles. The van der Waals surface area contributed by atoms with Crippen LogP contribution in [0.3, 0.4) is 0 Å². The van der Waals surface area contributed by atoms with Crippen LogP contribution in [-0.4, -0.2) is 130 Å². The molecule has 6 heterocycles. The number of anilines is 1. The van der Waals surface area contributed by atoms with E-state index < -0.39 is 36.0 Å². The molecule has 0 bridgehead atoms. The summed E-state index contributed by atoms with van der Waals surface area (Å²) in [6.45, 7) is 20.8. The number of tetrazole rings is 2. The topological polar surface area (TPSA) is 319 Å². The van der Waals surface area contributed by atoms with Gasteiger partial charge in [0, 0.05) is 30.8 Å². The van der Waals surface area contributed by atoms with E-state index in [0.717, 1.165) is 72.8 Å². The SMILES string of the molecule is COc1ccc(-n2cnnn2)c(C)c1.Cc1cc(Cl)ccc1-n1cc(C#N)nn1.Cc1cc(Cl)ccc1-n1cc(C(=O)O)nn1.Cc1cc(Cl)ccc1-n1cc(C(F)(F)F)nn1.Cc1cc(Cl)ccc1-n1cc(C(F)F)nn1.Cc1cc(Cl)ccc1NC(=O)OC(C)(C)C.Cc1ccc(-n2cnnn2)c(C)c1. The number of methoxy groups -OCH3 is 1. The predicted molar refractivity (Wildman–Crippen MR) is 391 cm³/mol. The fourth-order valence-corrected chi connectivity index (χ4v) is 10.4. The van der Waals surface area contributed by atoms with Crippen molar-refractivity contribution in [3.05, 3.63) is 257 Å². The Labute approximate surface area is 633 Å². The van der Waals surface area contributed by atoms with Gasteiger partial charge < -0.3 is 14.6 Å². The number of aryl methyl sites for hydroxylation is 8. The van der Waals surface area contributed by atoms with E-state index >= 15 is 0 Å². The number of benzene rings is 7. The Bertz CT molecular complexity index is 5180. The second-order valence-electron chi connectivity index (χ2n) is 23.7. The lowest BCUT2D eigenvalue weighted by Crippen LogP contribution is -2.27. The number of ether oxygens (including phenoxy) is 2. The number of alkyl halides is 5. The molecule has 27 nitrogen and oxygen atoms in total. The van der Waals surface area contributed by atoms with Gasteiger partial charge in [0.15, 0.2) is 17.1 Å². The van der Waals surface area contributed by atoms with Crippen molar-refractivity contribution < 1.29 is 46.1 Å². The average Bonchev–Trinajstić information content (AvgIpc) is 1.71. The molecule has 13 rings (SSSR count). The molecule has 107 heavy (non-hydrogen) atoms. The van der Waals surface area contributed by atoms with Crippen molar-refractivity contribution >= 4 is 75.8 Å². The maximum absolute atomic E-state index is 12.3. The number of carbonyl (C=O) groups is 2. The first-order valence-corrected chi connectivity index (χ1v) is 33.2. The second kappa shape index (κ2) is 37.9.